The first-order valence-electron chi connectivity index (χ1n) is 6.13. The molecule has 1 aromatic carbocycles. The maximum Gasteiger partial charge on any atom is 0.293 e. The van der Waals surface area contributed by atoms with Crippen LogP contribution in [0.1, 0.15) is 18.4 Å². The zero-order chi connectivity index (χ0) is 13.1. The van der Waals surface area contributed by atoms with Crippen molar-refractivity contribution < 1.29 is 9.53 Å². The van der Waals surface area contributed by atoms with E-state index in [9.17, 15) is 4.79 Å². The maximum absolute atomic E-state index is 9.76. The van der Waals surface area contributed by atoms with Crippen LogP contribution in [0.15, 0.2) is 30.3 Å². The van der Waals surface area contributed by atoms with E-state index in [1.807, 2.05) is 30.3 Å². The molecular formula is C13H21N3O2. The lowest BCUT2D eigenvalue weighted by Crippen LogP contribution is -2.46. The minimum atomic E-state index is 0.365. The van der Waals surface area contributed by atoms with Crippen molar-refractivity contribution in [3.05, 3.63) is 35.9 Å². The van der Waals surface area contributed by atoms with Gasteiger partial charge in [-0.15, -0.1) is 0 Å². The summed E-state index contributed by atoms with van der Waals surface area (Å²) < 4.78 is 4.54. The third kappa shape index (κ3) is 6.34. The SMILES string of the molecule is NNC1CCCNC1.O=COCc1ccccc1. The molecule has 0 bridgehead atoms. The van der Waals surface area contributed by atoms with Gasteiger partial charge in [-0.2, -0.15) is 0 Å². The molecule has 0 spiro atoms. The maximum atomic E-state index is 9.76. The topological polar surface area (TPSA) is 76.4 Å². The largest absolute Gasteiger partial charge is 0.463 e. The first-order valence-corrected chi connectivity index (χ1v) is 6.13. The van der Waals surface area contributed by atoms with Gasteiger partial charge in [0, 0.05) is 12.6 Å². The highest BCUT2D eigenvalue weighted by Gasteiger charge is 2.08. The lowest BCUT2D eigenvalue weighted by atomic mass is 10.1. The van der Waals surface area contributed by atoms with E-state index >= 15 is 0 Å². The summed E-state index contributed by atoms with van der Waals surface area (Å²) in [6.45, 7) is 2.99. The minimum absolute atomic E-state index is 0.365. The number of nitrogens with two attached hydrogens (primary N) is 1. The molecule has 2 rings (SSSR count). The van der Waals surface area contributed by atoms with E-state index in [0.717, 1.165) is 18.7 Å². The molecule has 5 nitrogen and oxygen atoms in total. The Labute approximate surface area is 108 Å². The molecule has 1 atom stereocenters. The Balaban J connectivity index is 0.000000184. The summed E-state index contributed by atoms with van der Waals surface area (Å²) in [6, 6.07) is 10.0. The van der Waals surface area contributed by atoms with Gasteiger partial charge in [0.25, 0.3) is 6.47 Å². The third-order valence-electron chi connectivity index (χ3n) is 2.69. The fraction of sp³-hybridized carbons (Fsp3) is 0.462. The molecule has 4 N–H and O–H groups in total. The third-order valence-corrected chi connectivity index (χ3v) is 2.69. The van der Waals surface area contributed by atoms with Crippen LogP contribution in [0, 0.1) is 0 Å². The monoisotopic (exact) mass is 251 g/mol. The summed E-state index contributed by atoms with van der Waals surface area (Å²) in [5, 5.41) is 3.24. The number of carbonyl (C=O) groups excluding carboxylic acids is 1. The number of benzene rings is 1. The van der Waals surface area contributed by atoms with Crippen molar-refractivity contribution in [3.8, 4) is 0 Å². The molecular weight excluding hydrogens is 230 g/mol. The van der Waals surface area contributed by atoms with E-state index < -0.39 is 0 Å². The molecule has 0 aliphatic carbocycles. The Morgan fingerprint density at radius 1 is 1.44 bits per heavy atom. The van der Waals surface area contributed by atoms with Crippen molar-refractivity contribution in [1.29, 1.82) is 0 Å². The number of carbonyl (C=O) groups is 1. The zero-order valence-corrected chi connectivity index (χ0v) is 10.5. The molecule has 0 aromatic heterocycles. The van der Waals surface area contributed by atoms with Crippen LogP contribution in [0.4, 0.5) is 0 Å². The molecule has 1 aromatic rings. The minimum Gasteiger partial charge on any atom is -0.463 e. The normalized spacial score (nSPS) is 18.4. The molecule has 1 aliphatic heterocycles. The number of hydrogen-bond donors (Lipinski definition) is 3. The fourth-order valence-electron chi connectivity index (χ4n) is 1.70. The highest BCUT2D eigenvalue weighted by Crippen LogP contribution is 1.99. The Morgan fingerprint density at radius 2 is 2.22 bits per heavy atom. The van der Waals surface area contributed by atoms with Crippen LogP contribution in [-0.4, -0.2) is 25.6 Å². The van der Waals surface area contributed by atoms with Crippen molar-refractivity contribution in [2.24, 2.45) is 5.84 Å². The number of hydrogen-bond acceptors (Lipinski definition) is 5. The highest BCUT2D eigenvalue weighted by molar-refractivity contribution is 5.37. The van der Waals surface area contributed by atoms with Gasteiger partial charge in [-0.05, 0) is 24.9 Å². The molecule has 100 valence electrons. The van der Waals surface area contributed by atoms with Gasteiger partial charge in [0.1, 0.15) is 6.61 Å². The van der Waals surface area contributed by atoms with Gasteiger partial charge in [-0.3, -0.25) is 16.1 Å². The van der Waals surface area contributed by atoms with E-state index in [4.69, 9.17) is 5.84 Å². The molecule has 1 unspecified atom stereocenters. The van der Waals surface area contributed by atoms with Gasteiger partial charge < -0.3 is 10.1 Å². The van der Waals surface area contributed by atoms with Crippen LogP contribution < -0.4 is 16.6 Å². The lowest BCUT2D eigenvalue weighted by Gasteiger charge is -2.21. The number of rotatable bonds is 4. The lowest BCUT2D eigenvalue weighted by molar-refractivity contribution is -0.129. The van der Waals surface area contributed by atoms with Gasteiger partial charge in [0.05, 0.1) is 0 Å². The van der Waals surface area contributed by atoms with E-state index in [-0.39, 0.29) is 0 Å². The Morgan fingerprint density at radius 3 is 2.72 bits per heavy atom. The van der Waals surface area contributed by atoms with Gasteiger partial charge in [-0.25, -0.2) is 0 Å². The number of piperidine rings is 1. The Hall–Kier alpha value is -1.43. The molecule has 1 aliphatic rings. The van der Waals surface area contributed by atoms with Crippen LogP contribution in [0.25, 0.3) is 0 Å². The summed E-state index contributed by atoms with van der Waals surface area (Å²) in [5.41, 5.74) is 3.75. The predicted octanol–water partition coefficient (Wildman–Crippen LogP) is 0.561. The molecule has 0 amide bonds. The van der Waals surface area contributed by atoms with E-state index in [1.54, 1.807) is 0 Å². The molecule has 1 fully saturated rings. The molecule has 0 saturated carbocycles. The standard InChI is InChI=1S/C8H8O2.C5H13N3/c9-7-10-6-8-4-2-1-3-5-8;6-8-5-2-1-3-7-4-5/h1-5,7H,6H2;5,7-8H,1-4,6H2. The molecule has 0 radical (unpaired) electrons. The van der Waals surface area contributed by atoms with Crippen molar-refractivity contribution in [3.63, 3.8) is 0 Å². The van der Waals surface area contributed by atoms with Crippen LogP contribution in [0.5, 0.6) is 0 Å². The van der Waals surface area contributed by atoms with E-state index in [1.165, 1.54) is 12.8 Å². The molecule has 18 heavy (non-hydrogen) atoms. The zero-order valence-electron chi connectivity index (χ0n) is 10.5. The summed E-state index contributed by atoms with van der Waals surface area (Å²) in [5.74, 6) is 5.21. The van der Waals surface area contributed by atoms with E-state index in [2.05, 4.69) is 15.5 Å². The average Bonchev–Trinajstić information content (AvgIpc) is 2.48. The van der Waals surface area contributed by atoms with Gasteiger partial charge in [0.15, 0.2) is 0 Å². The summed E-state index contributed by atoms with van der Waals surface area (Å²) >= 11 is 0. The number of ether oxygens (including phenoxy) is 1. The van der Waals surface area contributed by atoms with Crippen molar-refractivity contribution in [1.82, 2.24) is 10.7 Å². The van der Waals surface area contributed by atoms with Gasteiger partial charge in [-0.1, -0.05) is 30.3 Å². The average molecular weight is 251 g/mol. The summed E-state index contributed by atoms with van der Waals surface area (Å²) in [4.78, 5) is 9.76. The quantitative estimate of drug-likeness (QED) is 0.414. The second-order valence-corrected chi connectivity index (χ2v) is 4.10. The van der Waals surface area contributed by atoms with E-state index in [0.29, 0.717) is 19.1 Å². The first kappa shape index (κ1) is 14.6. The van der Waals surface area contributed by atoms with Crippen molar-refractivity contribution in [2.45, 2.75) is 25.5 Å². The second-order valence-electron chi connectivity index (χ2n) is 4.10. The van der Waals surface area contributed by atoms with Gasteiger partial charge in [0.2, 0.25) is 0 Å². The number of hydrazine groups is 1. The second kappa shape index (κ2) is 9.58. The van der Waals surface area contributed by atoms with Crippen LogP contribution >= 0.6 is 0 Å². The smallest absolute Gasteiger partial charge is 0.293 e. The molecule has 1 heterocycles. The van der Waals surface area contributed by atoms with Crippen LogP contribution in [-0.2, 0) is 16.1 Å². The van der Waals surface area contributed by atoms with Crippen LogP contribution in [0.3, 0.4) is 0 Å². The summed E-state index contributed by atoms with van der Waals surface area (Å²) in [6.07, 6.45) is 2.46. The Kier molecular flexibility index (Phi) is 7.79. The summed E-state index contributed by atoms with van der Waals surface area (Å²) in [7, 11) is 0. The Bertz CT molecular complexity index is 313. The first-order chi connectivity index (χ1) is 8.86. The molecule has 1 saturated heterocycles. The predicted molar refractivity (Wildman–Crippen MR) is 70.5 cm³/mol. The molecule has 5 heteroatoms. The van der Waals surface area contributed by atoms with Crippen molar-refractivity contribution in [2.75, 3.05) is 13.1 Å². The van der Waals surface area contributed by atoms with Crippen LogP contribution in [0.2, 0.25) is 0 Å². The highest BCUT2D eigenvalue weighted by atomic mass is 16.5. The fourth-order valence-corrected chi connectivity index (χ4v) is 1.70. The van der Waals surface area contributed by atoms with Gasteiger partial charge >= 0.3 is 0 Å². The number of nitrogens with one attached hydrogen (secondary N) is 2. The van der Waals surface area contributed by atoms with Crippen molar-refractivity contribution >= 4 is 6.47 Å².